The van der Waals surface area contributed by atoms with Crippen molar-refractivity contribution in [3.8, 4) is 5.75 Å². The third kappa shape index (κ3) is 1.82. The van der Waals surface area contributed by atoms with E-state index in [1.807, 2.05) is 0 Å². The molecule has 0 bridgehead atoms. The number of methoxy groups -OCH3 is 1. The van der Waals surface area contributed by atoms with Gasteiger partial charge in [-0.3, -0.25) is 0 Å². The largest absolute Gasteiger partial charge is 0.497 e. The summed E-state index contributed by atoms with van der Waals surface area (Å²) in [6.45, 7) is 0. The number of halogens is 3. The number of rotatable bonds is 2. The summed E-state index contributed by atoms with van der Waals surface area (Å²) in [5.74, 6) is 0.118. The van der Waals surface area contributed by atoms with E-state index < -0.39 is 5.82 Å². The van der Waals surface area contributed by atoms with Crippen molar-refractivity contribution in [1.82, 2.24) is 0 Å². The zero-order chi connectivity index (χ0) is 9.14. The fraction of sp³-hybridized carbons (Fsp3) is 0.250. The van der Waals surface area contributed by atoms with E-state index >= 15 is 0 Å². The Labute approximate surface area is 80.0 Å². The van der Waals surface area contributed by atoms with Crippen LogP contribution in [-0.2, 0) is 5.88 Å². The van der Waals surface area contributed by atoms with E-state index in [2.05, 4.69) is 0 Å². The third-order valence-electron chi connectivity index (χ3n) is 1.46. The Balaban J connectivity index is 3.19. The van der Waals surface area contributed by atoms with Gasteiger partial charge in [0.2, 0.25) is 0 Å². The van der Waals surface area contributed by atoms with Gasteiger partial charge in [-0.25, -0.2) is 4.39 Å². The molecule has 0 spiro atoms. The summed E-state index contributed by atoms with van der Waals surface area (Å²) in [7, 11) is 1.49. The Morgan fingerprint density at radius 2 is 2.17 bits per heavy atom. The van der Waals surface area contributed by atoms with Crippen LogP contribution in [0.4, 0.5) is 4.39 Å². The number of benzene rings is 1. The molecule has 0 heterocycles. The predicted molar refractivity (Wildman–Crippen MR) is 47.5 cm³/mol. The molecular weight excluding hydrogens is 202 g/mol. The maximum absolute atomic E-state index is 13.0. The van der Waals surface area contributed by atoms with Crippen LogP contribution >= 0.6 is 23.2 Å². The summed E-state index contributed by atoms with van der Waals surface area (Å²) in [5.41, 5.74) is 0.348. The zero-order valence-corrected chi connectivity index (χ0v) is 7.92. The molecule has 0 unspecified atom stereocenters. The van der Waals surface area contributed by atoms with Gasteiger partial charge in [0, 0.05) is 11.6 Å². The first kappa shape index (κ1) is 9.62. The lowest BCUT2D eigenvalue weighted by molar-refractivity contribution is 0.413. The average Bonchev–Trinajstić information content (AvgIpc) is 2.09. The summed E-state index contributed by atoms with van der Waals surface area (Å²) in [5, 5.41) is 0.0324. The Morgan fingerprint density at radius 1 is 1.50 bits per heavy atom. The summed E-state index contributed by atoms with van der Waals surface area (Å²) in [6, 6.07) is 2.93. The van der Waals surface area contributed by atoms with E-state index in [1.54, 1.807) is 0 Å². The molecule has 0 amide bonds. The topological polar surface area (TPSA) is 9.23 Å². The maximum Gasteiger partial charge on any atom is 0.146 e. The Bertz CT molecular complexity index is 289. The zero-order valence-electron chi connectivity index (χ0n) is 6.40. The molecule has 0 fully saturated rings. The van der Waals surface area contributed by atoms with Gasteiger partial charge in [0.25, 0.3) is 0 Å². The first-order valence-corrected chi connectivity index (χ1v) is 4.18. The van der Waals surface area contributed by atoms with Gasteiger partial charge < -0.3 is 4.74 Å². The molecule has 0 aromatic heterocycles. The van der Waals surface area contributed by atoms with Gasteiger partial charge in [-0.1, -0.05) is 11.6 Å². The highest BCUT2D eigenvalue weighted by atomic mass is 35.5. The number of hydrogen-bond acceptors (Lipinski definition) is 1. The van der Waals surface area contributed by atoms with Crippen molar-refractivity contribution in [3.05, 3.63) is 28.5 Å². The van der Waals surface area contributed by atoms with Crippen molar-refractivity contribution < 1.29 is 9.13 Å². The van der Waals surface area contributed by atoms with Crippen LogP contribution in [0.5, 0.6) is 5.75 Å². The molecule has 66 valence electrons. The van der Waals surface area contributed by atoms with Crippen LogP contribution in [-0.4, -0.2) is 7.11 Å². The summed E-state index contributed by atoms with van der Waals surface area (Å²) in [4.78, 5) is 0. The molecule has 4 heteroatoms. The lowest BCUT2D eigenvalue weighted by atomic mass is 10.2. The number of ether oxygens (including phenoxy) is 1. The van der Waals surface area contributed by atoms with E-state index in [9.17, 15) is 4.39 Å². The fourth-order valence-corrected chi connectivity index (χ4v) is 1.26. The molecule has 0 saturated heterocycles. The van der Waals surface area contributed by atoms with Gasteiger partial charge in [-0.15, -0.1) is 11.6 Å². The highest BCUT2D eigenvalue weighted by molar-refractivity contribution is 6.31. The maximum atomic E-state index is 13.0. The monoisotopic (exact) mass is 208 g/mol. The highest BCUT2D eigenvalue weighted by Crippen LogP contribution is 2.25. The molecule has 1 aromatic rings. The van der Waals surface area contributed by atoms with E-state index in [-0.39, 0.29) is 10.9 Å². The quantitative estimate of drug-likeness (QED) is 0.679. The van der Waals surface area contributed by atoms with Crippen LogP contribution in [0.3, 0.4) is 0 Å². The van der Waals surface area contributed by atoms with Crippen LogP contribution in [0.2, 0.25) is 5.02 Å². The molecule has 0 aliphatic carbocycles. The SMILES string of the molecule is COc1cc(Cl)c(F)c(CCl)c1. The van der Waals surface area contributed by atoms with Crippen molar-refractivity contribution in [2.24, 2.45) is 0 Å². The molecule has 1 aromatic carbocycles. The number of hydrogen-bond donors (Lipinski definition) is 0. The second-order valence-electron chi connectivity index (χ2n) is 2.22. The fourth-order valence-electron chi connectivity index (χ4n) is 0.833. The van der Waals surface area contributed by atoms with Crippen LogP contribution in [0.1, 0.15) is 5.56 Å². The first-order chi connectivity index (χ1) is 5.69. The molecule has 0 aliphatic heterocycles. The number of alkyl halides is 1. The second kappa shape index (κ2) is 3.97. The van der Waals surface area contributed by atoms with E-state index in [0.29, 0.717) is 11.3 Å². The standard InChI is InChI=1S/C8H7Cl2FO/c1-12-6-2-5(4-9)8(11)7(10)3-6/h2-3H,4H2,1H3. The van der Waals surface area contributed by atoms with Crippen molar-refractivity contribution in [3.63, 3.8) is 0 Å². The molecule has 0 radical (unpaired) electrons. The predicted octanol–water partition coefficient (Wildman–Crippen LogP) is 3.23. The Kier molecular flexibility index (Phi) is 3.18. The van der Waals surface area contributed by atoms with Gasteiger partial charge >= 0.3 is 0 Å². The van der Waals surface area contributed by atoms with Gasteiger partial charge in [-0.2, -0.15) is 0 Å². The van der Waals surface area contributed by atoms with Crippen molar-refractivity contribution >= 4 is 23.2 Å². The smallest absolute Gasteiger partial charge is 0.146 e. The Morgan fingerprint density at radius 3 is 2.67 bits per heavy atom. The van der Waals surface area contributed by atoms with Crippen LogP contribution < -0.4 is 4.74 Å². The summed E-state index contributed by atoms with van der Waals surface area (Å²) < 4.78 is 17.9. The minimum absolute atomic E-state index is 0.0324. The minimum atomic E-state index is -0.479. The third-order valence-corrected chi connectivity index (χ3v) is 2.02. The summed E-state index contributed by atoms with van der Waals surface area (Å²) in [6.07, 6.45) is 0. The van der Waals surface area contributed by atoms with E-state index in [0.717, 1.165) is 0 Å². The lowest BCUT2D eigenvalue weighted by Gasteiger charge is -2.04. The van der Waals surface area contributed by atoms with Gasteiger partial charge in [-0.05, 0) is 6.07 Å². The van der Waals surface area contributed by atoms with Crippen LogP contribution in [0, 0.1) is 5.82 Å². The summed E-state index contributed by atoms with van der Waals surface area (Å²) >= 11 is 11.0. The van der Waals surface area contributed by atoms with E-state index in [1.165, 1.54) is 19.2 Å². The molecule has 0 atom stereocenters. The first-order valence-electron chi connectivity index (χ1n) is 3.27. The van der Waals surface area contributed by atoms with Crippen molar-refractivity contribution in [1.29, 1.82) is 0 Å². The molecular formula is C8H7Cl2FO. The average molecular weight is 209 g/mol. The molecule has 0 N–H and O–H groups in total. The molecule has 1 rings (SSSR count). The van der Waals surface area contributed by atoms with Gasteiger partial charge in [0.05, 0.1) is 18.0 Å². The van der Waals surface area contributed by atoms with Crippen LogP contribution in [0.25, 0.3) is 0 Å². The molecule has 1 nitrogen and oxygen atoms in total. The lowest BCUT2D eigenvalue weighted by Crippen LogP contribution is -1.90. The highest BCUT2D eigenvalue weighted by Gasteiger charge is 2.08. The second-order valence-corrected chi connectivity index (χ2v) is 2.89. The molecule has 0 aliphatic rings. The normalized spacial score (nSPS) is 10.0. The van der Waals surface area contributed by atoms with E-state index in [4.69, 9.17) is 27.9 Å². The molecule has 12 heavy (non-hydrogen) atoms. The van der Waals surface area contributed by atoms with Crippen LogP contribution in [0.15, 0.2) is 12.1 Å². The van der Waals surface area contributed by atoms with Crippen molar-refractivity contribution in [2.75, 3.05) is 7.11 Å². The van der Waals surface area contributed by atoms with Gasteiger partial charge in [0.1, 0.15) is 11.6 Å². The van der Waals surface area contributed by atoms with Gasteiger partial charge in [0.15, 0.2) is 0 Å². The Hall–Kier alpha value is -0.470. The molecule has 0 saturated carbocycles. The minimum Gasteiger partial charge on any atom is -0.497 e. The van der Waals surface area contributed by atoms with Crippen molar-refractivity contribution in [2.45, 2.75) is 5.88 Å².